The summed E-state index contributed by atoms with van der Waals surface area (Å²) in [6.45, 7) is 1.62. The van der Waals surface area contributed by atoms with E-state index in [9.17, 15) is 14.4 Å². The van der Waals surface area contributed by atoms with Gasteiger partial charge in [-0.3, -0.25) is 20.4 Å². The molecule has 7 nitrogen and oxygen atoms in total. The standard InChI is InChI=1S/C18H18N2O5/c1-12-15(18(23)24-2)11-14(25-12)8-9-16(21)19-20-17(22)10-13-6-4-3-5-7-13/h3-9,11H,10H2,1-2H3,(H,19,21)(H,20,22). The average Bonchev–Trinajstić information content (AvgIpc) is 2.99. The van der Waals surface area contributed by atoms with Gasteiger partial charge in [0, 0.05) is 6.08 Å². The van der Waals surface area contributed by atoms with Gasteiger partial charge in [-0.05, 0) is 24.6 Å². The second-order valence-electron chi connectivity index (χ2n) is 5.14. The first-order valence-corrected chi connectivity index (χ1v) is 7.49. The van der Waals surface area contributed by atoms with Gasteiger partial charge in [0.05, 0.1) is 13.5 Å². The number of amides is 2. The third kappa shape index (κ3) is 5.35. The lowest BCUT2D eigenvalue weighted by molar-refractivity contribution is -0.126. The zero-order valence-electron chi connectivity index (χ0n) is 13.9. The highest BCUT2D eigenvalue weighted by molar-refractivity contribution is 5.94. The van der Waals surface area contributed by atoms with E-state index in [1.807, 2.05) is 30.3 Å². The van der Waals surface area contributed by atoms with Gasteiger partial charge in [-0.2, -0.15) is 0 Å². The van der Waals surface area contributed by atoms with E-state index in [0.29, 0.717) is 17.1 Å². The molecule has 0 bridgehead atoms. The van der Waals surface area contributed by atoms with Crippen LogP contribution in [0.1, 0.15) is 27.4 Å². The number of carbonyl (C=O) groups is 3. The second kappa shape index (κ2) is 8.49. The number of benzene rings is 1. The van der Waals surface area contributed by atoms with Gasteiger partial charge in [0.1, 0.15) is 17.1 Å². The molecule has 0 aliphatic rings. The number of hydrazine groups is 1. The molecule has 0 saturated heterocycles. The summed E-state index contributed by atoms with van der Waals surface area (Å²) in [5, 5.41) is 0. The van der Waals surface area contributed by atoms with Crippen LogP contribution in [0.25, 0.3) is 6.08 Å². The topological polar surface area (TPSA) is 97.6 Å². The Morgan fingerprint density at radius 3 is 2.56 bits per heavy atom. The maximum absolute atomic E-state index is 11.7. The van der Waals surface area contributed by atoms with Crippen LogP contribution in [0, 0.1) is 6.92 Å². The smallest absolute Gasteiger partial charge is 0.341 e. The summed E-state index contributed by atoms with van der Waals surface area (Å²) in [4.78, 5) is 34.9. The van der Waals surface area contributed by atoms with Gasteiger partial charge in [0.25, 0.3) is 5.91 Å². The van der Waals surface area contributed by atoms with Crippen molar-refractivity contribution in [3.8, 4) is 0 Å². The molecule has 130 valence electrons. The fourth-order valence-corrected chi connectivity index (χ4v) is 2.06. The first kappa shape index (κ1) is 18.0. The van der Waals surface area contributed by atoms with Crippen LogP contribution in [0.15, 0.2) is 46.9 Å². The van der Waals surface area contributed by atoms with E-state index in [1.54, 1.807) is 6.92 Å². The number of methoxy groups -OCH3 is 1. The lowest BCUT2D eigenvalue weighted by Gasteiger charge is -2.05. The first-order chi connectivity index (χ1) is 12.0. The minimum atomic E-state index is -0.532. The van der Waals surface area contributed by atoms with Gasteiger partial charge in [0.15, 0.2) is 0 Å². The first-order valence-electron chi connectivity index (χ1n) is 7.49. The van der Waals surface area contributed by atoms with Crippen LogP contribution in [-0.4, -0.2) is 24.9 Å². The van der Waals surface area contributed by atoms with Gasteiger partial charge < -0.3 is 9.15 Å². The lowest BCUT2D eigenvalue weighted by atomic mass is 10.1. The molecule has 2 aromatic rings. The van der Waals surface area contributed by atoms with Crippen molar-refractivity contribution in [1.29, 1.82) is 0 Å². The summed E-state index contributed by atoms with van der Waals surface area (Å²) in [6.07, 6.45) is 2.73. The zero-order valence-corrected chi connectivity index (χ0v) is 13.9. The predicted molar refractivity (Wildman–Crippen MR) is 90.2 cm³/mol. The summed E-state index contributed by atoms with van der Waals surface area (Å²) >= 11 is 0. The van der Waals surface area contributed by atoms with E-state index in [2.05, 4.69) is 15.6 Å². The molecule has 1 aromatic carbocycles. The second-order valence-corrected chi connectivity index (χ2v) is 5.14. The molecule has 1 aromatic heterocycles. The van der Waals surface area contributed by atoms with Crippen molar-refractivity contribution in [2.75, 3.05) is 7.11 Å². The Bertz CT molecular complexity index is 793. The Labute approximate surface area is 144 Å². The molecule has 0 aliphatic heterocycles. The Balaban J connectivity index is 1.84. The highest BCUT2D eigenvalue weighted by Crippen LogP contribution is 2.16. The quantitative estimate of drug-likeness (QED) is 0.490. The molecule has 1 heterocycles. The van der Waals surface area contributed by atoms with Crippen LogP contribution < -0.4 is 10.9 Å². The summed E-state index contributed by atoms with van der Waals surface area (Å²) in [6, 6.07) is 10.6. The molecule has 0 unspecified atom stereocenters. The molecule has 2 rings (SSSR count). The zero-order chi connectivity index (χ0) is 18.2. The number of furan rings is 1. The van der Waals surface area contributed by atoms with E-state index in [-0.39, 0.29) is 12.3 Å². The maximum atomic E-state index is 11.7. The van der Waals surface area contributed by atoms with Crippen molar-refractivity contribution in [2.45, 2.75) is 13.3 Å². The third-order valence-electron chi connectivity index (χ3n) is 3.27. The molecule has 0 radical (unpaired) electrons. The van der Waals surface area contributed by atoms with Gasteiger partial charge in [0.2, 0.25) is 5.91 Å². The monoisotopic (exact) mass is 342 g/mol. The van der Waals surface area contributed by atoms with E-state index >= 15 is 0 Å². The van der Waals surface area contributed by atoms with E-state index in [1.165, 1.54) is 25.3 Å². The molecule has 2 N–H and O–H groups in total. The van der Waals surface area contributed by atoms with Crippen LogP contribution >= 0.6 is 0 Å². The van der Waals surface area contributed by atoms with Crippen LogP contribution in [0.3, 0.4) is 0 Å². The van der Waals surface area contributed by atoms with Gasteiger partial charge in [-0.25, -0.2) is 4.79 Å². The van der Waals surface area contributed by atoms with Crippen molar-refractivity contribution in [3.05, 3.63) is 65.1 Å². The number of hydrogen-bond donors (Lipinski definition) is 2. The maximum Gasteiger partial charge on any atom is 0.341 e. The molecular formula is C18H18N2O5. The third-order valence-corrected chi connectivity index (χ3v) is 3.27. The highest BCUT2D eigenvalue weighted by Gasteiger charge is 2.14. The Hall–Kier alpha value is -3.35. The van der Waals surface area contributed by atoms with Crippen molar-refractivity contribution in [1.82, 2.24) is 10.9 Å². The van der Waals surface area contributed by atoms with Crippen molar-refractivity contribution in [3.63, 3.8) is 0 Å². The molecule has 25 heavy (non-hydrogen) atoms. The minimum absolute atomic E-state index is 0.157. The predicted octanol–water partition coefficient (Wildman–Crippen LogP) is 1.78. The summed E-state index contributed by atoms with van der Waals surface area (Å²) in [5.41, 5.74) is 5.72. The Kier molecular flexibility index (Phi) is 6.11. The average molecular weight is 342 g/mol. The number of rotatable bonds is 5. The number of ether oxygens (including phenoxy) is 1. The number of nitrogens with one attached hydrogen (secondary N) is 2. The molecule has 0 spiro atoms. The largest absolute Gasteiger partial charge is 0.465 e. The molecule has 0 atom stereocenters. The number of hydrogen-bond acceptors (Lipinski definition) is 5. The van der Waals surface area contributed by atoms with Gasteiger partial charge in [-0.15, -0.1) is 0 Å². The minimum Gasteiger partial charge on any atom is -0.465 e. The Morgan fingerprint density at radius 1 is 1.16 bits per heavy atom. The molecular weight excluding hydrogens is 324 g/mol. The number of esters is 1. The lowest BCUT2D eigenvalue weighted by Crippen LogP contribution is -2.41. The SMILES string of the molecule is COC(=O)c1cc(C=CC(=O)NNC(=O)Cc2ccccc2)oc1C. The fraction of sp³-hybridized carbons (Fsp3) is 0.167. The summed E-state index contributed by atoms with van der Waals surface area (Å²) < 4.78 is 9.96. The van der Waals surface area contributed by atoms with Crippen LogP contribution in [0.2, 0.25) is 0 Å². The summed E-state index contributed by atoms with van der Waals surface area (Å²) in [7, 11) is 1.27. The van der Waals surface area contributed by atoms with Crippen molar-refractivity contribution >= 4 is 23.9 Å². The fourth-order valence-electron chi connectivity index (χ4n) is 2.06. The van der Waals surface area contributed by atoms with E-state index in [4.69, 9.17) is 4.42 Å². The number of carbonyl (C=O) groups excluding carboxylic acids is 3. The van der Waals surface area contributed by atoms with E-state index < -0.39 is 11.9 Å². The van der Waals surface area contributed by atoms with Crippen LogP contribution in [-0.2, 0) is 20.7 Å². The highest BCUT2D eigenvalue weighted by atomic mass is 16.5. The molecule has 2 amide bonds. The molecule has 0 saturated carbocycles. The van der Waals surface area contributed by atoms with E-state index in [0.717, 1.165) is 5.56 Å². The van der Waals surface area contributed by atoms with Crippen LogP contribution in [0.5, 0.6) is 0 Å². The molecule has 7 heteroatoms. The van der Waals surface area contributed by atoms with Gasteiger partial charge in [-0.1, -0.05) is 30.3 Å². The van der Waals surface area contributed by atoms with Crippen molar-refractivity contribution in [2.24, 2.45) is 0 Å². The number of aryl methyl sites for hydroxylation is 1. The molecule has 0 fully saturated rings. The molecule has 0 aliphatic carbocycles. The van der Waals surface area contributed by atoms with Crippen molar-refractivity contribution < 1.29 is 23.5 Å². The van der Waals surface area contributed by atoms with Crippen LogP contribution in [0.4, 0.5) is 0 Å². The normalized spacial score (nSPS) is 10.5. The van der Waals surface area contributed by atoms with Gasteiger partial charge >= 0.3 is 5.97 Å². The Morgan fingerprint density at radius 2 is 1.88 bits per heavy atom. The summed E-state index contributed by atoms with van der Waals surface area (Å²) in [5.74, 6) is -0.671.